The van der Waals surface area contributed by atoms with Crippen LogP contribution in [0.1, 0.15) is 50.5 Å². The third kappa shape index (κ3) is 6.29. The van der Waals surface area contributed by atoms with Gasteiger partial charge in [-0.25, -0.2) is 0 Å². The van der Waals surface area contributed by atoms with Gasteiger partial charge in [0.25, 0.3) is 0 Å². The molecule has 5 nitrogen and oxygen atoms in total. The lowest BCUT2D eigenvalue weighted by molar-refractivity contribution is -0.126. The van der Waals surface area contributed by atoms with Crippen LogP contribution in [0.25, 0.3) is 0 Å². The van der Waals surface area contributed by atoms with Gasteiger partial charge in [0.2, 0.25) is 5.91 Å². The average molecular weight is 413 g/mol. The molecule has 166 valence electrons. The topological polar surface area (TPSA) is 47.6 Å². The van der Waals surface area contributed by atoms with Crippen molar-refractivity contribution in [3.8, 4) is 0 Å². The first kappa shape index (κ1) is 21.8. The van der Waals surface area contributed by atoms with Crippen LogP contribution in [0, 0.1) is 5.92 Å². The quantitative estimate of drug-likeness (QED) is 0.689. The average Bonchev–Trinajstić information content (AvgIpc) is 3.33. The van der Waals surface area contributed by atoms with Gasteiger partial charge in [-0.05, 0) is 96.2 Å². The van der Waals surface area contributed by atoms with E-state index < -0.39 is 0 Å². The van der Waals surface area contributed by atoms with Gasteiger partial charge in [0.05, 0.1) is 0 Å². The third-order valence-electron chi connectivity index (χ3n) is 7.44. The van der Waals surface area contributed by atoms with Crippen LogP contribution in [0.2, 0.25) is 0 Å². The van der Waals surface area contributed by atoms with Gasteiger partial charge < -0.3 is 20.4 Å². The van der Waals surface area contributed by atoms with E-state index in [-0.39, 0.29) is 11.8 Å². The number of aryl methyl sites for hydroxylation is 1. The van der Waals surface area contributed by atoms with Crippen LogP contribution in [0.4, 0.5) is 0 Å². The second-order valence-electron chi connectivity index (χ2n) is 9.51. The van der Waals surface area contributed by atoms with E-state index in [0.717, 1.165) is 45.1 Å². The predicted octanol–water partition coefficient (Wildman–Crippen LogP) is 2.66. The third-order valence-corrected chi connectivity index (χ3v) is 7.44. The minimum absolute atomic E-state index is 0.223. The molecule has 0 bridgehead atoms. The Bertz CT molecular complexity index is 630. The largest absolute Gasteiger partial charge is 0.354 e. The van der Waals surface area contributed by atoms with E-state index >= 15 is 0 Å². The van der Waals surface area contributed by atoms with Crippen molar-refractivity contribution >= 4 is 5.91 Å². The van der Waals surface area contributed by atoms with Crippen LogP contribution in [0.5, 0.6) is 0 Å². The normalized spacial score (nSPS) is 24.9. The second-order valence-corrected chi connectivity index (χ2v) is 9.51. The van der Waals surface area contributed by atoms with Crippen molar-refractivity contribution in [2.45, 2.75) is 63.5 Å². The van der Waals surface area contributed by atoms with Crippen molar-refractivity contribution in [1.29, 1.82) is 0 Å². The number of likely N-dealkylation sites (tertiary alicyclic amines) is 2. The monoisotopic (exact) mass is 412 g/mol. The minimum atomic E-state index is 0.223. The van der Waals surface area contributed by atoms with Gasteiger partial charge in [0.15, 0.2) is 0 Å². The van der Waals surface area contributed by atoms with Gasteiger partial charge in [-0.3, -0.25) is 4.79 Å². The van der Waals surface area contributed by atoms with Crippen molar-refractivity contribution in [1.82, 2.24) is 20.4 Å². The highest BCUT2D eigenvalue weighted by Crippen LogP contribution is 2.24. The number of benzene rings is 1. The molecule has 0 saturated carbocycles. The number of amides is 1. The molecule has 30 heavy (non-hydrogen) atoms. The Kier molecular flexibility index (Phi) is 8.18. The molecular formula is C25H40N4O. The van der Waals surface area contributed by atoms with Crippen molar-refractivity contribution < 1.29 is 4.79 Å². The van der Waals surface area contributed by atoms with E-state index in [0.29, 0.717) is 6.04 Å². The molecule has 1 aromatic rings. The van der Waals surface area contributed by atoms with E-state index in [1.165, 1.54) is 63.7 Å². The van der Waals surface area contributed by atoms with E-state index in [1.807, 2.05) is 0 Å². The summed E-state index contributed by atoms with van der Waals surface area (Å²) in [5.74, 6) is 0.511. The maximum atomic E-state index is 12.5. The van der Waals surface area contributed by atoms with Gasteiger partial charge >= 0.3 is 0 Å². The van der Waals surface area contributed by atoms with Crippen LogP contribution in [-0.4, -0.2) is 73.6 Å². The molecule has 1 amide bonds. The molecule has 0 aromatic heterocycles. The SMILES string of the molecule is O=C(NC[C@@H]1CCCN1)C1CCN(C2CCN(CCCc3ccccc3)CC2)CC1. The summed E-state index contributed by atoms with van der Waals surface area (Å²) >= 11 is 0. The maximum Gasteiger partial charge on any atom is 0.223 e. The van der Waals surface area contributed by atoms with E-state index in [9.17, 15) is 4.79 Å². The summed E-state index contributed by atoms with van der Waals surface area (Å²) in [4.78, 5) is 17.8. The van der Waals surface area contributed by atoms with Crippen LogP contribution >= 0.6 is 0 Å². The Balaban J connectivity index is 1.09. The number of nitrogens with one attached hydrogen (secondary N) is 2. The molecular weight excluding hydrogens is 372 g/mol. The van der Waals surface area contributed by atoms with Crippen LogP contribution in [0.15, 0.2) is 30.3 Å². The maximum absolute atomic E-state index is 12.5. The van der Waals surface area contributed by atoms with Crippen molar-refractivity contribution in [3.05, 3.63) is 35.9 Å². The summed E-state index contributed by atoms with van der Waals surface area (Å²) in [5.41, 5.74) is 1.46. The number of rotatable bonds is 8. The fourth-order valence-corrected chi connectivity index (χ4v) is 5.49. The molecule has 0 spiro atoms. The highest BCUT2D eigenvalue weighted by Gasteiger charge is 2.30. The number of hydrogen-bond donors (Lipinski definition) is 2. The lowest BCUT2D eigenvalue weighted by Gasteiger charge is -2.41. The van der Waals surface area contributed by atoms with Crippen LogP contribution in [0.3, 0.4) is 0 Å². The molecule has 0 aliphatic carbocycles. The number of carbonyl (C=O) groups is 1. The van der Waals surface area contributed by atoms with Crippen LogP contribution < -0.4 is 10.6 Å². The van der Waals surface area contributed by atoms with Crippen molar-refractivity contribution in [2.75, 3.05) is 45.8 Å². The summed E-state index contributed by atoms with van der Waals surface area (Å²) in [5, 5.41) is 6.66. The first-order valence-electron chi connectivity index (χ1n) is 12.3. The molecule has 3 aliphatic rings. The lowest BCUT2D eigenvalue weighted by Crippen LogP contribution is -2.49. The summed E-state index contributed by atoms with van der Waals surface area (Å²) in [7, 11) is 0. The Hall–Kier alpha value is -1.43. The van der Waals surface area contributed by atoms with Gasteiger partial charge in [-0.15, -0.1) is 0 Å². The van der Waals surface area contributed by atoms with E-state index in [4.69, 9.17) is 0 Å². The van der Waals surface area contributed by atoms with Gasteiger partial charge in [-0.2, -0.15) is 0 Å². The molecule has 3 aliphatic heterocycles. The summed E-state index contributed by atoms with van der Waals surface area (Å²) in [6.45, 7) is 7.78. The zero-order valence-electron chi connectivity index (χ0n) is 18.5. The number of carbonyl (C=O) groups excluding carboxylic acids is 1. The Morgan fingerprint density at radius 2 is 1.77 bits per heavy atom. The van der Waals surface area contributed by atoms with Crippen molar-refractivity contribution in [3.63, 3.8) is 0 Å². The fraction of sp³-hybridized carbons (Fsp3) is 0.720. The summed E-state index contributed by atoms with van der Waals surface area (Å²) < 4.78 is 0. The zero-order valence-corrected chi connectivity index (χ0v) is 18.5. The van der Waals surface area contributed by atoms with E-state index in [1.54, 1.807) is 0 Å². The Labute approximate surface area is 182 Å². The molecule has 1 aromatic carbocycles. The first-order valence-corrected chi connectivity index (χ1v) is 12.3. The smallest absolute Gasteiger partial charge is 0.223 e. The minimum Gasteiger partial charge on any atom is -0.354 e. The summed E-state index contributed by atoms with van der Waals surface area (Å²) in [6, 6.07) is 12.1. The lowest BCUT2D eigenvalue weighted by atomic mass is 9.92. The Morgan fingerprint density at radius 1 is 1.00 bits per heavy atom. The van der Waals surface area contributed by atoms with E-state index in [2.05, 4.69) is 50.8 Å². The zero-order chi connectivity index (χ0) is 20.6. The molecule has 2 N–H and O–H groups in total. The van der Waals surface area contributed by atoms with Gasteiger partial charge in [0, 0.05) is 24.5 Å². The number of nitrogens with zero attached hydrogens (tertiary/aromatic N) is 2. The Morgan fingerprint density at radius 3 is 2.47 bits per heavy atom. The first-order chi connectivity index (χ1) is 14.8. The highest BCUT2D eigenvalue weighted by molar-refractivity contribution is 5.78. The standard InChI is InChI=1S/C25H40N4O/c30-25(27-20-23-9-4-14-26-23)22-10-18-29(19-11-22)24-12-16-28(17-13-24)15-5-8-21-6-2-1-3-7-21/h1-3,6-7,22-24,26H,4-5,8-20H2,(H,27,30)/t23-/m0/s1. The van der Waals surface area contributed by atoms with Gasteiger partial charge in [-0.1, -0.05) is 30.3 Å². The summed E-state index contributed by atoms with van der Waals surface area (Å²) in [6.07, 6.45) is 9.51. The second kappa shape index (κ2) is 11.3. The molecule has 1 atom stereocenters. The number of hydrogen-bond acceptors (Lipinski definition) is 4. The predicted molar refractivity (Wildman–Crippen MR) is 123 cm³/mol. The molecule has 3 heterocycles. The highest BCUT2D eigenvalue weighted by atomic mass is 16.1. The molecule has 0 radical (unpaired) electrons. The van der Waals surface area contributed by atoms with Crippen LogP contribution in [-0.2, 0) is 11.2 Å². The molecule has 0 unspecified atom stereocenters. The fourth-order valence-electron chi connectivity index (χ4n) is 5.49. The number of piperidine rings is 2. The molecule has 5 heteroatoms. The van der Waals surface area contributed by atoms with Gasteiger partial charge in [0.1, 0.15) is 0 Å². The molecule has 3 saturated heterocycles. The molecule has 4 rings (SSSR count). The van der Waals surface area contributed by atoms with Crippen molar-refractivity contribution in [2.24, 2.45) is 5.92 Å². The molecule has 3 fully saturated rings.